The molecule has 0 radical (unpaired) electrons. The number of benzene rings is 2. The fourth-order valence-electron chi connectivity index (χ4n) is 3.27. The summed E-state index contributed by atoms with van der Waals surface area (Å²) >= 11 is 7.62. The van der Waals surface area contributed by atoms with Gasteiger partial charge in [0.15, 0.2) is 5.17 Å². The van der Waals surface area contributed by atoms with Gasteiger partial charge in [0.25, 0.3) is 5.91 Å². The number of carbonyl (C=O) groups is 1. The van der Waals surface area contributed by atoms with E-state index in [-0.39, 0.29) is 18.1 Å². The normalized spacial score (nSPS) is 21.1. The van der Waals surface area contributed by atoms with Crippen molar-refractivity contribution in [2.45, 2.75) is 31.9 Å². The Kier molecular flexibility index (Phi) is 6.43. The van der Waals surface area contributed by atoms with Crippen molar-refractivity contribution in [2.24, 2.45) is 4.99 Å². The molecule has 29 heavy (non-hydrogen) atoms. The fourth-order valence-corrected chi connectivity index (χ4v) is 4.44. The quantitative estimate of drug-likeness (QED) is 0.667. The number of rotatable bonds is 5. The van der Waals surface area contributed by atoms with Gasteiger partial charge in [-0.05, 0) is 68.3 Å². The van der Waals surface area contributed by atoms with Crippen molar-refractivity contribution in [1.82, 2.24) is 0 Å². The highest BCUT2D eigenvalue weighted by Gasteiger charge is 2.27. The van der Waals surface area contributed by atoms with E-state index in [1.165, 1.54) is 0 Å². The highest BCUT2D eigenvalue weighted by Crippen LogP contribution is 2.29. The molecular formula is C22H23ClN2O3S. The molecule has 5 nitrogen and oxygen atoms in total. The molecular weight excluding hydrogens is 408 g/mol. The second kappa shape index (κ2) is 9.20. The second-order valence-corrected chi connectivity index (χ2v) is 8.58. The number of hydrogen-bond donors (Lipinski definition) is 0. The molecule has 2 aliphatic heterocycles. The van der Waals surface area contributed by atoms with E-state index in [4.69, 9.17) is 21.1 Å². The highest BCUT2D eigenvalue weighted by atomic mass is 35.5. The summed E-state index contributed by atoms with van der Waals surface area (Å²) < 4.78 is 11.4. The third kappa shape index (κ3) is 4.94. The van der Waals surface area contributed by atoms with Crippen molar-refractivity contribution in [1.29, 1.82) is 0 Å². The van der Waals surface area contributed by atoms with Crippen molar-refractivity contribution >= 4 is 40.1 Å². The first kappa shape index (κ1) is 20.3. The molecule has 2 aromatic rings. The zero-order valence-electron chi connectivity index (χ0n) is 16.2. The van der Waals surface area contributed by atoms with Gasteiger partial charge in [0.1, 0.15) is 12.4 Å². The number of amides is 1. The molecule has 0 aliphatic carbocycles. The van der Waals surface area contributed by atoms with E-state index in [1.54, 1.807) is 40.9 Å². The lowest BCUT2D eigenvalue weighted by Gasteiger charge is -2.22. The molecule has 152 valence electrons. The Bertz CT molecular complexity index is 880. The van der Waals surface area contributed by atoms with E-state index in [2.05, 4.69) is 4.99 Å². The summed E-state index contributed by atoms with van der Waals surface area (Å²) in [4.78, 5) is 19.6. The molecule has 2 atom stereocenters. The Hall–Kier alpha value is -2.02. The van der Waals surface area contributed by atoms with Crippen molar-refractivity contribution in [3.05, 3.63) is 59.1 Å². The van der Waals surface area contributed by atoms with E-state index >= 15 is 0 Å². The molecule has 2 aromatic carbocycles. The van der Waals surface area contributed by atoms with Crippen molar-refractivity contribution < 1.29 is 14.3 Å². The molecule has 0 aromatic heterocycles. The van der Waals surface area contributed by atoms with Crippen LogP contribution in [-0.2, 0) is 4.74 Å². The lowest BCUT2D eigenvalue weighted by Crippen LogP contribution is -2.34. The summed E-state index contributed by atoms with van der Waals surface area (Å²) in [5, 5.41) is 1.34. The molecule has 1 fully saturated rings. The van der Waals surface area contributed by atoms with E-state index in [1.807, 2.05) is 31.2 Å². The van der Waals surface area contributed by atoms with Gasteiger partial charge in [-0.3, -0.25) is 14.7 Å². The number of halogens is 1. The number of aliphatic imine (C=N–C) groups is 1. The average Bonchev–Trinajstić information content (AvgIpc) is 3.40. The molecule has 2 heterocycles. The van der Waals surface area contributed by atoms with Crippen LogP contribution in [0.2, 0.25) is 5.02 Å². The Morgan fingerprint density at radius 1 is 1.24 bits per heavy atom. The summed E-state index contributed by atoms with van der Waals surface area (Å²) in [6, 6.07) is 14.7. The molecule has 2 aliphatic rings. The van der Waals surface area contributed by atoms with E-state index in [0.29, 0.717) is 22.4 Å². The minimum atomic E-state index is -0.127. The molecule has 0 unspecified atom stereocenters. The van der Waals surface area contributed by atoms with Gasteiger partial charge in [-0.25, -0.2) is 0 Å². The lowest BCUT2D eigenvalue weighted by molar-refractivity contribution is 0.0679. The molecule has 1 saturated heterocycles. The standard InChI is InChI=1S/C22H23ClN2O3S/c1-15-14-29-22(24-15)25(18-8-6-17(23)7-9-18)21(26)16-4-10-19(11-5-16)28-13-20-3-2-12-27-20/h4-11,15,20H,2-3,12-14H2,1H3/t15-,20-/m1/s1. The number of anilines is 1. The molecule has 0 spiro atoms. The van der Waals surface area contributed by atoms with Gasteiger partial charge in [-0.1, -0.05) is 23.4 Å². The third-order valence-corrected chi connectivity index (χ3v) is 6.27. The zero-order chi connectivity index (χ0) is 20.2. The van der Waals surface area contributed by atoms with Crippen molar-refractivity contribution in [3.63, 3.8) is 0 Å². The number of hydrogen-bond acceptors (Lipinski definition) is 5. The first-order chi connectivity index (χ1) is 14.1. The summed E-state index contributed by atoms with van der Waals surface area (Å²) in [7, 11) is 0. The summed E-state index contributed by atoms with van der Waals surface area (Å²) in [6.45, 7) is 3.39. The Morgan fingerprint density at radius 3 is 2.62 bits per heavy atom. The first-order valence-electron chi connectivity index (χ1n) is 9.75. The van der Waals surface area contributed by atoms with E-state index < -0.39 is 0 Å². The average molecular weight is 431 g/mol. The number of carbonyl (C=O) groups excluding carboxylic acids is 1. The SMILES string of the molecule is C[C@@H]1CSC(N(C(=O)c2ccc(OC[C@H]3CCCO3)cc2)c2ccc(Cl)cc2)=N1. The molecule has 0 N–H and O–H groups in total. The summed E-state index contributed by atoms with van der Waals surface area (Å²) in [5.41, 5.74) is 1.32. The van der Waals surface area contributed by atoms with Crippen LogP contribution in [0.15, 0.2) is 53.5 Å². The maximum Gasteiger partial charge on any atom is 0.264 e. The van der Waals surface area contributed by atoms with Crippen LogP contribution in [0.1, 0.15) is 30.1 Å². The molecule has 4 rings (SSSR count). The third-order valence-electron chi connectivity index (χ3n) is 4.82. The predicted octanol–water partition coefficient (Wildman–Crippen LogP) is 5.04. The molecule has 7 heteroatoms. The van der Waals surface area contributed by atoms with Crippen molar-refractivity contribution in [2.75, 3.05) is 23.9 Å². The summed E-state index contributed by atoms with van der Waals surface area (Å²) in [6.07, 6.45) is 2.28. The highest BCUT2D eigenvalue weighted by molar-refractivity contribution is 8.14. The molecule has 0 saturated carbocycles. The van der Waals surface area contributed by atoms with Gasteiger partial charge in [0.2, 0.25) is 0 Å². The van der Waals surface area contributed by atoms with Crippen LogP contribution in [0, 0.1) is 0 Å². The van der Waals surface area contributed by atoms with Crippen molar-refractivity contribution in [3.8, 4) is 5.75 Å². The number of amidine groups is 1. The van der Waals surface area contributed by atoms with Gasteiger partial charge >= 0.3 is 0 Å². The van der Waals surface area contributed by atoms with Gasteiger partial charge in [-0.15, -0.1) is 0 Å². The second-order valence-electron chi connectivity index (χ2n) is 7.16. The number of nitrogens with zero attached hydrogens (tertiary/aromatic N) is 2. The van der Waals surface area contributed by atoms with Crippen LogP contribution in [0.4, 0.5) is 5.69 Å². The largest absolute Gasteiger partial charge is 0.491 e. The first-order valence-corrected chi connectivity index (χ1v) is 11.1. The van der Waals surface area contributed by atoms with Gasteiger partial charge in [0.05, 0.1) is 17.8 Å². The van der Waals surface area contributed by atoms with Crippen LogP contribution in [0.25, 0.3) is 0 Å². The summed E-state index contributed by atoms with van der Waals surface area (Å²) in [5.74, 6) is 1.47. The smallest absolute Gasteiger partial charge is 0.264 e. The van der Waals surface area contributed by atoms with Gasteiger partial charge in [-0.2, -0.15) is 0 Å². The Balaban J connectivity index is 1.52. The zero-order valence-corrected chi connectivity index (χ0v) is 17.8. The number of ether oxygens (including phenoxy) is 2. The van der Waals surface area contributed by atoms with Crippen LogP contribution in [0.3, 0.4) is 0 Å². The maximum atomic E-state index is 13.3. The van der Waals surface area contributed by atoms with Crippen LogP contribution in [-0.4, -0.2) is 42.2 Å². The van der Waals surface area contributed by atoms with Crippen LogP contribution >= 0.6 is 23.4 Å². The Morgan fingerprint density at radius 2 is 2.00 bits per heavy atom. The van der Waals surface area contributed by atoms with Crippen LogP contribution in [0.5, 0.6) is 5.75 Å². The van der Waals surface area contributed by atoms with E-state index in [9.17, 15) is 4.79 Å². The van der Waals surface area contributed by atoms with Gasteiger partial charge < -0.3 is 9.47 Å². The predicted molar refractivity (Wildman–Crippen MR) is 119 cm³/mol. The minimum Gasteiger partial charge on any atom is -0.491 e. The van der Waals surface area contributed by atoms with Gasteiger partial charge in [0, 0.05) is 22.9 Å². The minimum absolute atomic E-state index is 0.127. The lowest BCUT2D eigenvalue weighted by atomic mass is 10.1. The molecule has 0 bridgehead atoms. The van der Waals surface area contributed by atoms with E-state index in [0.717, 1.165) is 36.6 Å². The molecule has 1 amide bonds. The number of thioether (sulfide) groups is 1. The Labute approximate surface area is 180 Å². The topological polar surface area (TPSA) is 51.1 Å². The maximum absolute atomic E-state index is 13.3. The van der Waals surface area contributed by atoms with Crippen LogP contribution < -0.4 is 9.64 Å². The monoisotopic (exact) mass is 430 g/mol. The fraction of sp³-hybridized carbons (Fsp3) is 0.364.